The van der Waals surface area contributed by atoms with Crippen molar-refractivity contribution in [3.05, 3.63) is 11.9 Å². The van der Waals surface area contributed by atoms with Crippen LogP contribution in [0.1, 0.15) is 5.69 Å². The van der Waals surface area contributed by atoms with Gasteiger partial charge in [-0.1, -0.05) is 5.21 Å². The number of aromatic nitrogens is 3. The summed E-state index contributed by atoms with van der Waals surface area (Å²) in [5, 5.41) is 16.5. The van der Waals surface area contributed by atoms with Crippen molar-refractivity contribution in [1.29, 1.82) is 0 Å². The largest absolute Gasteiger partial charge is 0.483 e. The minimum absolute atomic E-state index is 0.250. The van der Waals surface area contributed by atoms with Gasteiger partial charge in [0.15, 0.2) is 0 Å². The molecule has 56 valence electrons. The third-order valence-electron chi connectivity index (χ3n) is 0.604. The minimum atomic E-state index is -0.250. The zero-order valence-corrected chi connectivity index (χ0v) is 5.75. The molecule has 6 heteroatoms. The molecule has 5 nitrogen and oxygen atoms in total. The maximum atomic E-state index is 8.36. The van der Waals surface area contributed by atoms with Gasteiger partial charge in [-0.25, -0.2) is 0 Å². The smallest absolute Gasteiger partial charge is 0.290 e. The van der Waals surface area contributed by atoms with Gasteiger partial charge in [0, 0.05) is 6.20 Å². The number of hydrogen-bond acceptors (Lipinski definition) is 3. The lowest BCUT2D eigenvalue weighted by Crippen LogP contribution is -1.73. The van der Waals surface area contributed by atoms with Crippen molar-refractivity contribution in [1.82, 2.24) is 15.4 Å². The molecule has 1 rings (SSSR count). The second-order valence-electron chi connectivity index (χ2n) is 1.20. The van der Waals surface area contributed by atoms with Crippen LogP contribution in [-0.2, 0) is 10.7 Å². The van der Waals surface area contributed by atoms with Crippen LogP contribution in [0, 0.1) is 0 Å². The zero-order valence-electron chi connectivity index (χ0n) is 4.99. The van der Waals surface area contributed by atoms with Gasteiger partial charge in [-0.3, -0.25) is 9.89 Å². The highest BCUT2D eigenvalue weighted by atomic mass is 35.5. The molecule has 0 radical (unpaired) electrons. The lowest BCUT2D eigenvalue weighted by molar-refractivity contribution is -0.122. The van der Waals surface area contributed by atoms with Crippen LogP contribution < -0.4 is 0 Å². The summed E-state index contributed by atoms with van der Waals surface area (Å²) in [4.78, 5) is 8.36. The van der Waals surface area contributed by atoms with Gasteiger partial charge in [0.1, 0.15) is 0 Å². The van der Waals surface area contributed by atoms with Crippen LogP contribution in [0.25, 0.3) is 0 Å². The number of H-pyrrole nitrogens is 1. The maximum absolute atomic E-state index is 8.36. The molecule has 0 fully saturated rings. The molecule has 0 amide bonds. The molecule has 10 heavy (non-hydrogen) atoms. The molecular formula is C4H6ClN3O2. The molecule has 0 aliphatic rings. The summed E-state index contributed by atoms with van der Waals surface area (Å²) in [6.45, 7) is -0.250. The summed E-state index contributed by atoms with van der Waals surface area (Å²) in [6, 6.07) is 0. The summed E-state index contributed by atoms with van der Waals surface area (Å²) in [7, 11) is 0. The van der Waals surface area contributed by atoms with Gasteiger partial charge >= 0.3 is 0 Å². The van der Waals surface area contributed by atoms with Crippen LogP contribution in [-0.4, -0.2) is 27.0 Å². The number of alkyl halides is 1. The number of rotatable bonds is 1. The van der Waals surface area contributed by atoms with Gasteiger partial charge in [0.2, 0.25) is 0 Å². The molecule has 0 aliphatic carbocycles. The van der Waals surface area contributed by atoms with Gasteiger partial charge in [-0.2, -0.15) is 0 Å². The first kappa shape index (κ1) is 8.90. The molecule has 0 saturated heterocycles. The first-order valence-corrected chi connectivity index (χ1v) is 2.87. The molecule has 1 heterocycles. The quantitative estimate of drug-likeness (QED) is 0.459. The van der Waals surface area contributed by atoms with Gasteiger partial charge < -0.3 is 5.11 Å². The normalized spacial score (nSPS) is 7.70. The van der Waals surface area contributed by atoms with E-state index in [0.29, 0.717) is 5.88 Å². The molecule has 0 aromatic carbocycles. The molecule has 0 bridgehead atoms. The van der Waals surface area contributed by atoms with E-state index in [1.807, 2.05) is 0 Å². The zero-order chi connectivity index (χ0) is 7.82. The second-order valence-corrected chi connectivity index (χ2v) is 1.47. The van der Waals surface area contributed by atoms with E-state index in [-0.39, 0.29) is 6.47 Å². The molecule has 2 N–H and O–H groups in total. The fourth-order valence-electron chi connectivity index (χ4n) is 0.291. The Kier molecular flexibility index (Phi) is 5.36. The third kappa shape index (κ3) is 3.85. The summed E-state index contributed by atoms with van der Waals surface area (Å²) >= 11 is 5.35. The number of aromatic amines is 1. The maximum Gasteiger partial charge on any atom is 0.290 e. The van der Waals surface area contributed by atoms with E-state index in [4.69, 9.17) is 21.5 Å². The average Bonchev–Trinajstić information content (AvgIpc) is 2.39. The first-order valence-electron chi connectivity index (χ1n) is 2.34. The van der Waals surface area contributed by atoms with Crippen LogP contribution in [0.5, 0.6) is 0 Å². The van der Waals surface area contributed by atoms with Crippen molar-refractivity contribution < 1.29 is 9.90 Å². The minimum Gasteiger partial charge on any atom is -0.483 e. The monoisotopic (exact) mass is 163 g/mol. The van der Waals surface area contributed by atoms with Crippen LogP contribution in [0.2, 0.25) is 0 Å². The predicted molar refractivity (Wildman–Crippen MR) is 34.6 cm³/mol. The van der Waals surface area contributed by atoms with Crippen LogP contribution in [0.3, 0.4) is 0 Å². The Morgan fingerprint density at radius 2 is 2.50 bits per heavy atom. The first-order chi connectivity index (χ1) is 4.85. The number of halogens is 1. The predicted octanol–water partition coefficient (Wildman–Crippen LogP) is 0.244. The fraction of sp³-hybridized carbons (Fsp3) is 0.250. The van der Waals surface area contributed by atoms with Crippen molar-refractivity contribution in [2.24, 2.45) is 0 Å². The van der Waals surface area contributed by atoms with Crippen molar-refractivity contribution in [3.8, 4) is 0 Å². The standard InChI is InChI=1S/C3H4ClN3.CH2O2/c4-1-3-2-5-7-6-3;2-1-3/h2H,1H2,(H,5,6,7);1H,(H,2,3). The summed E-state index contributed by atoms with van der Waals surface area (Å²) in [6.07, 6.45) is 1.66. The topological polar surface area (TPSA) is 78.9 Å². The Bertz CT molecular complexity index is 165. The number of carboxylic acid groups (broad SMARTS) is 1. The van der Waals surface area contributed by atoms with E-state index in [1.54, 1.807) is 6.20 Å². The molecule has 0 aliphatic heterocycles. The van der Waals surface area contributed by atoms with Crippen molar-refractivity contribution in [2.75, 3.05) is 0 Å². The number of nitrogens with one attached hydrogen (secondary N) is 1. The van der Waals surface area contributed by atoms with E-state index >= 15 is 0 Å². The molecule has 0 saturated carbocycles. The highest BCUT2D eigenvalue weighted by Gasteiger charge is 1.86. The number of nitrogens with zero attached hydrogens (tertiary/aromatic N) is 2. The highest BCUT2D eigenvalue weighted by Crippen LogP contribution is 1.91. The highest BCUT2D eigenvalue weighted by molar-refractivity contribution is 6.16. The SMILES string of the molecule is ClCc1c[nH]nn1.O=CO. The summed E-state index contributed by atoms with van der Waals surface area (Å²) in [5.41, 5.74) is 0.779. The van der Waals surface area contributed by atoms with E-state index in [0.717, 1.165) is 5.69 Å². The van der Waals surface area contributed by atoms with E-state index in [2.05, 4.69) is 15.4 Å². The van der Waals surface area contributed by atoms with Crippen LogP contribution >= 0.6 is 11.6 Å². The summed E-state index contributed by atoms with van der Waals surface area (Å²) < 4.78 is 0. The van der Waals surface area contributed by atoms with Crippen molar-refractivity contribution >= 4 is 18.1 Å². The Morgan fingerprint density at radius 1 is 1.90 bits per heavy atom. The molecular weight excluding hydrogens is 158 g/mol. The van der Waals surface area contributed by atoms with Gasteiger partial charge in [0.25, 0.3) is 6.47 Å². The lowest BCUT2D eigenvalue weighted by Gasteiger charge is -1.72. The Hall–Kier alpha value is -1.10. The Balaban J connectivity index is 0.000000236. The molecule has 0 unspecified atom stereocenters. The number of carbonyl (C=O) groups is 1. The lowest BCUT2D eigenvalue weighted by atomic mass is 10.6. The fourth-order valence-corrected chi connectivity index (χ4v) is 0.421. The van der Waals surface area contributed by atoms with E-state index < -0.39 is 0 Å². The van der Waals surface area contributed by atoms with Crippen LogP contribution in [0.15, 0.2) is 6.20 Å². The van der Waals surface area contributed by atoms with Gasteiger partial charge in [-0.15, -0.1) is 16.7 Å². The average molecular weight is 164 g/mol. The van der Waals surface area contributed by atoms with Crippen LogP contribution in [0.4, 0.5) is 0 Å². The molecule has 1 aromatic heterocycles. The van der Waals surface area contributed by atoms with Gasteiger partial charge in [0.05, 0.1) is 11.6 Å². The Morgan fingerprint density at radius 3 is 2.70 bits per heavy atom. The Labute approximate surface area is 62.0 Å². The van der Waals surface area contributed by atoms with Crippen molar-refractivity contribution in [2.45, 2.75) is 5.88 Å². The van der Waals surface area contributed by atoms with E-state index in [1.165, 1.54) is 0 Å². The second kappa shape index (κ2) is 6.03. The molecule has 0 atom stereocenters. The number of hydrogen-bond donors (Lipinski definition) is 2. The molecule has 0 spiro atoms. The summed E-state index contributed by atoms with van der Waals surface area (Å²) in [5.74, 6) is 0.427. The molecule has 1 aromatic rings. The van der Waals surface area contributed by atoms with Crippen molar-refractivity contribution in [3.63, 3.8) is 0 Å². The van der Waals surface area contributed by atoms with E-state index in [9.17, 15) is 0 Å². The third-order valence-corrected chi connectivity index (χ3v) is 0.878. The van der Waals surface area contributed by atoms with Gasteiger partial charge in [-0.05, 0) is 0 Å².